The van der Waals surface area contributed by atoms with Crippen molar-refractivity contribution in [2.45, 2.75) is 12.5 Å². The fourth-order valence-electron chi connectivity index (χ4n) is 1.39. The van der Waals surface area contributed by atoms with Crippen molar-refractivity contribution in [3.63, 3.8) is 0 Å². The van der Waals surface area contributed by atoms with Gasteiger partial charge in [-0.25, -0.2) is 9.59 Å². The number of aliphatic hydroxyl groups excluding tert-OH is 1. The molecule has 0 spiro atoms. The number of urea groups is 2. The molecule has 0 aliphatic rings. The Bertz CT molecular complexity index is 381. The van der Waals surface area contributed by atoms with Gasteiger partial charge in [-0.3, -0.25) is 5.32 Å². The van der Waals surface area contributed by atoms with E-state index in [1.165, 1.54) is 0 Å². The fourth-order valence-corrected chi connectivity index (χ4v) is 1.39. The lowest BCUT2D eigenvalue weighted by molar-refractivity contribution is 0.213. The minimum absolute atomic E-state index is 0.221. The number of rotatable bonds is 4. The van der Waals surface area contributed by atoms with Gasteiger partial charge in [-0.2, -0.15) is 0 Å². The van der Waals surface area contributed by atoms with Crippen LogP contribution in [0.4, 0.5) is 9.59 Å². The summed E-state index contributed by atoms with van der Waals surface area (Å²) in [7, 11) is 0. The number of amides is 4. The van der Waals surface area contributed by atoms with Crippen molar-refractivity contribution >= 4 is 12.1 Å². The van der Waals surface area contributed by atoms with Gasteiger partial charge in [0.1, 0.15) is 0 Å². The number of carbonyl (C=O) groups is 2. The monoisotopic (exact) mass is 237 g/mol. The van der Waals surface area contributed by atoms with Gasteiger partial charge in [-0.05, 0) is 12.0 Å². The van der Waals surface area contributed by atoms with Crippen LogP contribution in [0, 0.1) is 0 Å². The van der Waals surface area contributed by atoms with Gasteiger partial charge in [-0.1, -0.05) is 30.3 Å². The average Bonchev–Trinajstić information content (AvgIpc) is 2.28. The van der Waals surface area contributed by atoms with Crippen LogP contribution in [0.15, 0.2) is 30.3 Å². The third-order valence-corrected chi connectivity index (χ3v) is 2.12. The van der Waals surface area contributed by atoms with E-state index in [4.69, 9.17) is 10.8 Å². The SMILES string of the molecule is NC(=O)NC(=O)N[C@@H](CO)Cc1ccccc1. The second-order valence-corrected chi connectivity index (χ2v) is 3.53. The molecule has 0 saturated heterocycles. The normalized spacial score (nSPS) is 11.6. The highest BCUT2D eigenvalue weighted by Crippen LogP contribution is 2.02. The topological polar surface area (TPSA) is 104 Å². The molecule has 0 aliphatic carbocycles. The number of imide groups is 1. The lowest BCUT2D eigenvalue weighted by Gasteiger charge is -2.15. The van der Waals surface area contributed by atoms with Crippen LogP contribution in [0.2, 0.25) is 0 Å². The van der Waals surface area contributed by atoms with Gasteiger partial charge in [0.2, 0.25) is 0 Å². The first kappa shape index (κ1) is 13.0. The maximum Gasteiger partial charge on any atom is 0.323 e. The van der Waals surface area contributed by atoms with Crippen LogP contribution in [0.3, 0.4) is 0 Å². The molecule has 0 bridgehead atoms. The standard InChI is InChI=1S/C11H15N3O3/c12-10(16)14-11(17)13-9(7-15)6-8-4-2-1-3-5-8/h1-5,9,15H,6-7H2,(H4,12,13,14,16,17)/t9-/m1/s1. The highest BCUT2D eigenvalue weighted by Gasteiger charge is 2.12. The third kappa shape index (κ3) is 4.98. The number of carbonyl (C=O) groups excluding carboxylic acids is 2. The maximum absolute atomic E-state index is 11.2. The number of hydrogen-bond donors (Lipinski definition) is 4. The Morgan fingerprint density at radius 1 is 1.29 bits per heavy atom. The Hall–Kier alpha value is -2.08. The summed E-state index contributed by atoms with van der Waals surface area (Å²) in [5.74, 6) is 0. The van der Waals surface area contributed by atoms with Crippen molar-refractivity contribution in [2.75, 3.05) is 6.61 Å². The molecule has 1 atom stereocenters. The second-order valence-electron chi connectivity index (χ2n) is 3.53. The van der Waals surface area contributed by atoms with Crippen LogP contribution in [-0.4, -0.2) is 29.8 Å². The van der Waals surface area contributed by atoms with Gasteiger partial charge in [0.05, 0.1) is 12.6 Å². The molecular weight excluding hydrogens is 222 g/mol. The number of aliphatic hydroxyl groups is 1. The van der Waals surface area contributed by atoms with Crippen molar-refractivity contribution in [3.8, 4) is 0 Å². The number of nitrogens with two attached hydrogens (primary N) is 1. The van der Waals surface area contributed by atoms with Crippen LogP contribution in [0.25, 0.3) is 0 Å². The van der Waals surface area contributed by atoms with Crippen LogP contribution < -0.4 is 16.4 Å². The summed E-state index contributed by atoms with van der Waals surface area (Å²) in [6.45, 7) is -0.221. The minimum atomic E-state index is -0.932. The number of primary amides is 1. The predicted molar refractivity (Wildman–Crippen MR) is 62.3 cm³/mol. The molecule has 1 rings (SSSR count). The summed E-state index contributed by atoms with van der Waals surface area (Å²) < 4.78 is 0. The van der Waals surface area contributed by atoms with E-state index in [1.54, 1.807) is 0 Å². The molecule has 92 valence electrons. The summed E-state index contributed by atoms with van der Waals surface area (Å²) in [6.07, 6.45) is 0.476. The van der Waals surface area contributed by atoms with Crippen molar-refractivity contribution in [2.24, 2.45) is 5.73 Å². The molecule has 0 saturated carbocycles. The average molecular weight is 237 g/mol. The number of nitrogens with one attached hydrogen (secondary N) is 2. The minimum Gasteiger partial charge on any atom is -0.394 e. The van der Waals surface area contributed by atoms with E-state index in [0.717, 1.165) is 5.56 Å². The Labute approximate surface area is 98.8 Å². The Balaban J connectivity index is 2.49. The zero-order valence-corrected chi connectivity index (χ0v) is 9.22. The maximum atomic E-state index is 11.2. The fraction of sp³-hybridized carbons (Fsp3) is 0.273. The Morgan fingerprint density at radius 3 is 2.47 bits per heavy atom. The van der Waals surface area contributed by atoms with Gasteiger partial charge >= 0.3 is 12.1 Å². The van der Waals surface area contributed by atoms with Gasteiger partial charge in [-0.15, -0.1) is 0 Å². The zero-order valence-electron chi connectivity index (χ0n) is 9.22. The molecule has 0 aromatic heterocycles. The van der Waals surface area contributed by atoms with Crippen LogP contribution >= 0.6 is 0 Å². The lowest BCUT2D eigenvalue weighted by atomic mass is 10.1. The smallest absolute Gasteiger partial charge is 0.323 e. The van der Waals surface area contributed by atoms with Crippen LogP contribution in [-0.2, 0) is 6.42 Å². The highest BCUT2D eigenvalue weighted by atomic mass is 16.3. The second kappa shape index (κ2) is 6.49. The van der Waals surface area contributed by atoms with E-state index in [-0.39, 0.29) is 6.61 Å². The molecule has 17 heavy (non-hydrogen) atoms. The third-order valence-electron chi connectivity index (χ3n) is 2.12. The van der Waals surface area contributed by atoms with Gasteiger partial charge < -0.3 is 16.2 Å². The quantitative estimate of drug-likeness (QED) is 0.591. The Morgan fingerprint density at radius 2 is 1.94 bits per heavy atom. The van der Waals surface area contributed by atoms with E-state index in [9.17, 15) is 9.59 Å². The van der Waals surface area contributed by atoms with Crippen LogP contribution in [0.1, 0.15) is 5.56 Å². The molecule has 0 unspecified atom stereocenters. The summed E-state index contributed by atoms with van der Waals surface area (Å²) >= 11 is 0. The molecule has 4 amide bonds. The van der Waals surface area contributed by atoms with Crippen LogP contribution in [0.5, 0.6) is 0 Å². The van der Waals surface area contributed by atoms with E-state index < -0.39 is 18.1 Å². The number of hydrogen-bond acceptors (Lipinski definition) is 3. The van der Waals surface area contributed by atoms with Gasteiger partial charge in [0.15, 0.2) is 0 Å². The molecule has 0 fully saturated rings. The molecule has 0 heterocycles. The molecule has 6 nitrogen and oxygen atoms in total. The highest BCUT2D eigenvalue weighted by molar-refractivity contribution is 5.92. The van der Waals surface area contributed by atoms with Crippen molar-refractivity contribution < 1.29 is 14.7 Å². The van der Waals surface area contributed by atoms with E-state index in [1.807, 2.05) is 35.6 Å². The lowest BCUT2D eigenvalue weighted by Crippen LogP contribution is -2.48. The molecule has 6 heteroatoms. The summed E-state index contributed by atoms with van der Waals surface area (Å²) in [4.78, 5) is 21.6. The molecule has 1 aromatic rings. The van der Waals surface area contributed by atoms with Gasteiger partial charge in [0.25, 0.3) is 0 Å². The summed E-state index contributed by atoms with van der Waals surface area (Å²) in [5.41, 5.74) is 5.77. The predicted octanol–water partition coefficient (Wildman–Crippen LogP) is -0.0321. The first-order valence-corrected chi connectivity index (χ1v) is 5.13. The molecule has 5 N–H and O–H groups in total. The van der Waals surface area contributed by atoms with E-state index in [2.05, 4.69) is 5.32 Å². The van der Waals surface area contributed by atoms with Crippen molar-refractivity contribution in [1.29, 1.82) is 0 Å². The van der Waals surface area contributed by atoms with Gasteiger partial charge in [0, 0.05) is 0 Å². The summed E-state index contributed by atoms with van der Waals surface area (Å²) in [5, 5.41) is 13.4. The first-order valence-electron chi connectivity index (χ1n) is 5.13. The molecule has 0 radical (unpaired) electrons. The Kier molecular flexibility index (Phi) is 4.96. The van der Waals surface area contributed by atoms with E-state index >= 15 is 0 Å². The zero-order chi connectivity index (χ0) is 12.7. The molecule has 1 aromatic carbocycles. The molecular formula is C11H15N3O3. The van der Waals surface area contributed by atoms with Crippen molar-refractivity contribution in [1.82, 2.24) is 10.6 Å². The van der Waals surface area contributed by atoms with Crippen molar-refractivity contribution in [3.05, 3.63) is 35.9 Å². The first-order chi connectivity index (χ1) is 8.11. The summed E-state index contributed by atoms with van der Waals surface area (Å²) in [6, 6.07) is 7.28. The van der Waals surface area contributed by atoms with E-state index in [0.29, 0.717) is 6.42 Å². The number of benzene rings is 1. The molecule has 0 aliphatic heterocycles. The largest absolute Gasteiger partial charge is 0.394 e.